The van der Waals surface area contributed by atoms with Crippen LogP contribution in [0.15, 0.2) is 18.2 Å². The molecule has 1 aromatic rings. The molecule has 0 unspecified atom stereocenters. The molecule has 0 bridgehead atoms. The molecule has 0 radical (unpaired) electrons. The van der Waals surface area contributed by atoms with Crippen LogP contribution in [0.2, 0.25) is 0 Å². The maximum atomic E-state index is 12.6. The largest absolute Gasteiger partial charge is 0.465 e. The summed E-state index contributed by atoms with van der Waals surface area (Å²) in [4.78, 5) is 10.9. The highest BCUT2D eigenvalue weighted by atomic mass is 19.1. The Balaban J connectivity index is 3.08. The number of nitrogen functional groups attached to an aromatic ring is 1. The van der Waals surface area contributed by atoms with Crippen LogP contribution in [-0.4, -0.2) is 13.1 Å². The Kier molecular flexibility index (Phi) is 2.28. The third-order valence-electron chi connectivity index (χ3n) is 1.34. The molecule has 0 amide bonds. The van der Waals surface area contributed by atoms with Crippen LogP contribution < -0.4 is 5.73 Å². The van der Waals surface area contributed by atoms with Crippen molar-refractivity contribution in [2.75, 3.05) is 12.8 Å². The monoisotopic (exact) mass is 169 g/mol. The molecule has 64 valence electrons. The first kappa shape index (κ1) is 8.52. The molecule has 1 aromatic carbocycles. The zero-order chi connectivity index (χ0) is 9.14. The van der Waals surface area contributed by atoms with Crippen molar-refractivity contribution in [3.63, 3.8) is 0 Å². The molecule has 0 atom stereocenters. The minimum atomic E-state index is -0.596. The van der Waals surface area contributed by atoms with Crippen molar-refractivity contribution >= 4 is 11.7 Å². The standard InChI is InChI=1S/C8H8FNO2/c1-12-8(11)5-2-6(9)4-7(10)3-5/h2-4H,10H2,1H3. The first-order valence-corrected chi connectivity index (χ1v) is 3.28. The quantitative estimate of drug-likeness (QED) is 0.507. The number of halogens is 1. The number of anilines is 1. The van der Waals surface area contributed by atoms with E-state index < -0.39 is 11.8 Å². The van der Waals surface area contributed by atoms with E-state index >= 15 is 0 Å². The van der Waals surface area contributed by atoms with Gasteiger partial charge < -0.3 is 10.5 Å². The molecule has 3 nitrogen and oxygen atoms in total. The Morgan fingerprint density at radius 1 is 1.50 bits per heavy atom. The van der Waals surface area contributed by atoms with E-state index in [2.05, 4.69) is 4.74 Å². The molecule has 0 aliphatic rings. The molecule has 0 aliphatic heterocycles. The molecule has 0 fully saturated rings. The third kappa shape index (κ3) is 1.72. The molecule has 12 heavy (non-hydrogen) atoms. The van der Waals surface area contributed by atoms with Crippen LogP contribution in [0.3, 0.4) is 0 Å². The van der Waals surface area contributed by atoms with Gasteiger partial charge in [0.05, 0.1) is 12.7 Å². The molecular weight excluding hydrogens is 161 g/mol. The van der Waals surface area contributed by atoms with Crippen molar-refractivity contribution in [2.45, 2.75) is 0 Å². The van der Waals surface area contributed by atoms with Gasteiger partial charge in [-0.15, -0.1) is 0 Å². The zero-order valence-corrected chi connectivity index (χ0v) is 6.50. The number of methoxy groups -OCH3 is 1. The van der Waals surface area contributed by atoms with E-state index in [1.54, 1.807) is 0 Å². The van der Waals surface area contributed by atoms with Crippen LogP contribution in [0.25, 0.3) is 0 Å². The lowest BCUT2D eigenvalue weighted by Gasteiger charge is -2.00. The average molecular weight is 169 g/mol. The summed E-state index contributed by atoms with van der Waals surface area (Å²) in [6, 6.07) is 3.56. The molecule has 0 heterocycles. The van der Waals surface area contributed by atoms with E-state index in [1.165, 1.54) is 13.2 Å². The van der Waals surface area contributed by atoms with Gasteiger partial charge in [-0.25, -0.2) is 9.18 Å². The van der Waals surface area contributed by atoms with Crippen LogP contribution in [-0.2, 0) is 4.74 Å². The molecule has 4 heteroatoms. The summed E-state index contributed by atoms with van der Waals surface area (Å²) in [5.74, 6) is -1.14. The predicted molar refractivity (Wildman–Crippen MR) is 42.2 cm³/mol. The minimum absolute atomic E-state index is 0.120. The van der Waals surface area contributed by atoms with Crippen molar-refractivity contribution in [3.8, 4) is 0 Å². The summed E-state index contributed by atoms with van der Waals surface area (Å²) in [6.45, 7) is 0. The number of carbonyl (C=O) groups excluding carboxylic acids is 1. The number of carbonyl (C=O) groups is 1. The van der Waals surface area contributed by atoms with E-state index in [0.717, 1.165) is 12.1 Å². The van der Waals surface area contributed by atoms with Crippen molar-refractivity contribution in [1.82, 2.24) is 0 Å². The number of benzene rings is 1. The van der Waals surface area contributed by atoms with Gasteiger partial charge in [0.2, 0.25) is 0 Å². The third-order valence-corrected chi connectivity index (χ3v) is 1.34. The fourth-order valence-corrected chi connectivity index (χ4v) is 0.848. The molecule has 0 saturated carbocycles. The molecule has 0 aromatic heterocycles. The second-order valence-electron chi connectivity index (χ2n) is 2.26. The van der Waals surface area contributed by atoms with E-state index in [-0.39, 0.29) is 11.3 Å². The summed E-state index contributed by atoms with van der Waals surface area (Å²) >= 11 is 0. The van der Waals surface area contributed by atoms with Gasteiger partial charge in [-0.3, -0.25) is 0 Å². The SMILES string of the molecule is COC(=O)c1cc(N)cc(F)c1. The Morgan fingerprint density at radius 2 is 2.17 bits per heavy atom. The molecule has 2 N–H and O–H groups in total. The predicted octanol–water partition coefficient (Wildman–Crippen LogP) is 1.19. The first-order valence-electron chi connectivity index (χ1n) is 3.28. The van der Waals surface area contributed by atoms with Crippen LogP contribution in [0.1, 0.15) is 10.4 Å². The van der Waals surface area contributed by atoms with Gasteiger partial charge in [0.15, 0.2) is 0 Å². The highest BCUT2D eigenvalue weighted by molar-refractivity contribution is 5.90. The lowest BCUT2D eigenvalue weighted by molar-refractivity contribution is 0.0600. The first-order chi connectivity index (χ1) is 5.63. The highest BCUT2D eigenvalue weighted by Gasteiger charge is 2.06. The summed E-state index contributed by atoms with van der Waals surface area (Å²) in [5, 5.41) is 0. The Labute approximate surface area is 68.9 Å². The van der Waals surface area contributed by atoms with Gasteiger partial charge in [0.25, 0.3) is 0 Å². The zero-order valence-electron chi connectivity index (χ0n) is 6.50. The van der Waals surface area contributed by atoms with Crippen molar-refractivity contribution in [2.24, 2.45) is 0 Å². The second kappa shape index (κ2) is 3.21. The average Bonchev–Trinajstić information content (AvgIpc) is 2.01. The Hall–Kier alpha value is -1.58. The van der Waals surface area contributed by atoms with Crippen molar-refractivity contribution in [1.29, 1.82) is 0 Å². The minimum Gasteiger partial charge on any atom is -0.465 e. The van der Waals surface area contributed by atoms with Crippen LogP contribution in [0.5, 0.6) is 0 Å². The lowest BCUT2D eigenvalue weighted by Crippen LogP contribution is -2.02. The van der Waals surface area contributed by atoms with Crippen LogP contribution in [0, 0.1) is 5.82 Å². The Bertz CT molecular complexity index is 292. The number of esters is 1. The number of hydrogen-bond donors (Lipinski definition) is 1. The van der Waals surface area contributed by atoms with E-state index in [1.807, 2.05) is 0 Å². The fraction of sp³-hybridized carbons (Fsp3) is 0.125. The molecular formula is C8H8FNO2. The number of ether oxygens (including phenoxy) is 1. The summed E-state index contributed by atoms with van der Waals surface area (Å²) in [7, 11) is 1.23. The molecule has 0 aliphatic carbocycles. The van der Waals surface area contributed by atoms with Gasteiger partial charge in [0, 0.05) is 5.69 Å². The summed E-state index contributed by atoms with van der Waals surface area (Å²) in [6.07, 6.45) is 0. The maximum Gasteiger partial charge on any atom is 0.338 e. The number of rotatable bonds is 1. The smallest absolute Gasteiger partial charge is 0.338 e. The van der Waals surface area contributed by atoms with Crippen molar-refractivity contribution < 1.29 is 13.9 Å². The molecule has 0 spiro atoms. The Morgan fingerprint density at radius 3 is 2.67 bits per heavy atom. The van der Waals surface area contributed by atoms with E-state index in [0.29, 0.717) is 0 Å². The van der Waals surface area contributed by atoms with E-state index in [9.17, 15) is 9.18 Å². The fourth-order valence-electron chi connectivity index (χ4n) is 0.848. The highest BCUT2D eigenvalue weighted by Crippen LogP contribution is 2.11. The van der Waals surface area contributed by atoms with Crippen LogP contribution >= 0.6 is 0 Å². The van der Waals surface area contributed by atoms with Gasteiger partial charge in [-0.1, -0.05) is 0 Å². The van der Waals surface area contributed by atoms with Gasteiger partial charge >= 0.3 is 5.97 Å². The van der Waals surface area contributed by atoms with Crippen LogP contribution in [0.4, 0.5) is 10.1 Å². The van der Waals surface area contributed by atoms with Crippen molar-refractivity contribution in [3.05, 3.63) is 29.6 Å². The van der Waals surface area contributed by atoms with Gasteiger partial charge in [-0.2, -0.15) is 0 Å². The maximum absolute atomic E-state index is 12.6. The summed E-state index contributed by atoms with van der Waals surface area (Å²) < 4.78 is 17.0. The lowest BCUT2D eigenvalue weighted by atomic mass is 10.2. The van der Waals surface area contributed by atoms with E-state index in [4.69, 9.17) is 5.73 Å². The molecule has 0 saturated heterocycles. The van der Waals surface area contributed by atoms with Gasteiger partial charge in [0.1, 0.15) is 5.82 Å². The normalized spacial score (nSPS) is 9.50. The number of nitrogens with two attached hydrogens (primary N) is 1. The topological polar surface area (TPSA) is 52.3 Å². The molecule has 1 rings (SSSR count). The number of hydrogen-bond acceptors (Lipinski definition) is 3. The summed E-state index contributed by atoms with van der Waals surface area (Å²) in [5.41, 5.74) is 5.63. The van der Waals surface area contributed by atoms with Gasteiger partial charge in [-0.05, 0) is 18.2 Å². The second-order valence-corrected chi connectivity index (χ2v) is 2.26.